The van der Waals surface area contributed by atoms with E-state index in [9.17, 15) is 32.8 Å². The first kappa shape index (κ1) is 60.6. The second-order valence-corrected chi connectivity index (χ2v) is 17.0. The van der Waals surface area contributed by atoms with Gasteiger partial charge in [0.05, 0.1) is 11.6 Å². The quantitative estimate of drug-likeness (QED) is 0.0382. The highest BCUT2D eigenvalue weighted by atomic mass is 19.1. The summed E-state index contributed by atoms with van der Waals surface area (Å²) in [6.07, 6.45) is 0. The molecule has 0 aliphatic carbocycles. The van der Waals surface area contributed by atoms with Crippen LogP contribution in [0.15, 0.2) is 107 Å². The van der Waals surface area contributed by atoms with Gasteiger partial charge in [0.25, 0.3) is 17.7 Å². The van der Waals surface area contributed by atoms with Crippen LogP contribution in [-0.4, -0.2) is 134 Å². The number of rotatable bonds is 8. The molecular formula is C50H64F2N12O9. The minimum absolute atomic E-state index is 0. The van der Waals surface area contributed by atoms with Crippen molar-refractivity contribution in [2.75, 3.05) is 63.0 Å². The van der Waals surface area contributed by atoms with E-state index in [2.05, 4.69) is 25.9 Å². The zero-order valence-corrected chi connectivity index (χ0v) is 41.6. The molecule has 73 heavy (non-hydrogen) atoms. The zero-order chi connectivity index (χ0) is 52.2. The number of piperazine rings is 2. The number of nitrogens with zero attached hydrogens (tertiary/aromatic N) is 8. The number of amidine groups is 1. The maximum atomic E-state index is 13.4. The molecule has 2 fully saturated rings. The molecule has 392 valence electrons. The molecule has 2 aliphatic rings. The molecule has 5 aromatic rings. The fourth-order valence-electron chi connectivity index (χ4n) is 6.33. The van der Waals surface area contributed by atoms with Gasteiger partial charge in [-0.15, -0.1) is 0 Å². The van der Waals surface area contributed by atoms with Crippen LogP contribution in [0.2, 0.25) is 0 Å². The van der Waals surface area contributed by atoms with E-state index in [1.54, 1.807) is 43.9 Å². The SMILES string of the molecule is CC(C)/C(N)=N/O.CC(C)C#N.CC(C)c1noc(-c2ccc(NC(=O)N3CCN(C(=O)c4cccc(F)c4)CC3)cc2)n1.N.O.O=C(O)c1ccc(NC(=O)N2CCN(C(=O)c3cccc(F)c3)CC2)cc1. The number of hydrogen-bond acceptors (Lipinski definition) is 12. The molecule has 2 saturated heterocycles. The Morgan fingerprint density at radius 1 is 0.685 bits per heavy atom. The van der Waals surface area contributed by atoms with Gasteiger partial charge in [-0.2, -0.15) is 10.2 Å². The largest absolute Gasteiger partial charge is 0.478 e. The predicted octanol–water partition coefficient (Wildman–Crippen LogP) is 7.39. The van der Waals surface area contributed by atoms with E-state index < -0.39 is 17.6 Å². The van der Waals surface area contributed by atoms with Crippen molar-refractivity contribution in [2.24, 2.45) is 22.7 Å². The minimum atomic E-state index is -1.04. The first-order chi connectivity index (χ1) is 33.8. The molecule has 0 spiro atoms. The van der Waals surface area contributed by atoms with E-state index in [0.29, 0.717) is 81.0 Å². The van der Waals surface area contributed by atoms with Gasteiger partial charge in [-0.3, -0.25) is 9.59 Å². The van der Waals surface area contributed by atoms with Crippen LogP contribution in [-0.2, 0) is 0 Å². The van der Waals surface area contributed by atoms with Gasteiger partial charge in [0.15, 0.2) is 5.82 Å². The first-order valence-corrected chi connectivity index (χ1v) is 22.7. The van der Waals surface area contributed by atoms with Crippen LogP contribution in [0.4, 0.5) is 29.7 Å². The molecule has 2 aliphatic heterocycles. The number of carboxylic acids is 1. The molecule has 3 heterocycles. The summed E-state index contributed by atoms with van der Waals surface area (Å²) in [6, 6.07) is 25.6. The molecule has 0 saturated carbocycles. The van der Waals surface area contributed by atoms with E-state index in [4.69, 9.17) is 25.8 Å². The number of urea groups is 2. The number of benzene rings is 4. The number of amides is 6. The van der Waals surface area contributed by atoms with E-state index in [1.165, 1.54) is 60.7 Å². The number of hydrogen-bond donors (Lipinski definition) is 6. The lowest BCUT2D eigenvalue weighted by Crippen LogP contribution is -2.51. The van der Waals surface area contributed by atoms with Crippen LogP contribution in [0.1, 0.15) is 84.4 Å². The smallest absolute Gasteiger partial charge is 0.335 e. The Kier molecular flexibility index (Phi) is 24.6. The van der Waals surface area contributed by atoms with Crippen molar-refractivity contribution in [3.63, 3.8) is 0 Å². The first-order valence-electron chi connectivity index (χ1n) is 22.7. The molecule has 4 aromatic carbocycles. The van der Waals surface area contributed by atoms with Crippen LogP contribution in [0, 0.1) is 34.8 Å². The number of aromatic carboxylic acids is 1. The summed E-state index contributed by atoms with van der Waals surface area (Å²) in [5.41, 5.74) is 7.74. The number of anilines is 2. The van der Waals surface area contributed by atoms with Gasteiger partial charge in [0.1, 0.15) is 17.5 Å². The number of oxime groups is 1. The Bertz CT molecular complexity index is 2640. The maximum Gasteiger partial charge on any atom is 0.335 e. The minimum Gasteiger partial charge on any atom is -0.478 e. The summed E-state index contributed by atoms with van der Waals surface area (Å²) in [5, 5.41) is 37.0. The number of carbonyl (C=O) groups excluding carboxylic acids is 4. The van der Waals surface area contributed by atoms with Crippen LogP contribution < -0.4 is 22.5 Å². The second-order valence-electron chi connectivity index (χ2n) is 17.0. The highest BCUT2D eigenvalue weighted by molar-refractivity contribution is 5.96. The van der Waals surface area contributed by atoms with Crippen molar-refractivity contribution in [3.8, 4) is 17.5 Å². The normalized spacial score (nSPS) is 13.0. The third-order valence-corrected chi connectivity index (χ3v) is 10.5. The van der Waals surface area contributed by atoms with E-state index in [1.807, 2.05) is 59.7 Å². The number of nitrogens with two attached hydrogens (primary N) is 1. The molecule has 23 heteroatoms. The van der Waals surface area contributed by atoms with Crippen molar-refractivity contribution in [1.82, 2.24) is 35.9 Å². The Morgan fingerprint density at radius 3 is 1.40 bits per heavy atom. The average molecular weight is 1020 g/mol. The van der Waals surface area contributed by atoms with Crippen molar-refractivity contribution < 1.29 is 53.1 Å². The van der Waals surface area contributed by atoms with Gasteiger partial charge in [-0.25, -0.2) is 23.2 Å². The number of nitriles is 1. The lowest BCUT2D eigenvalue weighted by molar-refractivity contribution is 0.0666. The van der Waals surface area contributed by atoms with Gasteiger partial charge in [-0.05, 0) is 98.8 Å². The summed E-state index contributed by atoms with van der Waals surface area (Å²) in [4.78, 5) is 71.5. The maximum absolute atomic E-state index is 13.4. The molecule has 0 unspecified atom stereocenters. The molecule has 11 N–H and O–H groups in total. The Hall–Kier alpha value is -8.49. The monoisotopic (exact) mass is 1010 g/mol. The Balaban J connectivity index is 0.000000403. The molecule has 0 radical (unpaired) electrons. The number of nitrogens with one attached hydrogen (secondary N) is 2. The highest BCUT2D eigenvalue weighted by Crippen LogP contribution is 2.23. The van der Waals surface area contributed by atoms with Gasteiger partial charge in [0, 0.05) is 98.2 Å². The molecule has 1 aromatic heterocycles. The number of aromatic nitrogens is 2. The third-order valence-electron chi connectivity index (χ3n) is 10.5. The summed E-state index contributed by atoms with van der Waals surface area (Å²) in [6.45, 7) is 14.4. The standard InChI is InChI=1S/C23H24FN5O3.C19H18FN3O4.C4H10N2O.C4H7N.H3N.H2O/c1-15(2)20-26-21(32-27-20)16-6-8-19(9-7-16)25-23(31)29-12-10-28(11-13-29)22(30)17-4-3-5-18(24)14-17;20-15-3-1-2-14(12-15)17(24)22-8-10-23(11-9-22)19(27)21-16-6-4-13(5-7-16)18(25)26;1-3(2)4(5)6-7;1-4(2)3-5;;/h3-9,14-15H,10-13H2,1-2H3,(H,25,31);1-7,12H,8-11H2,(H,21,27)(H,25,26);3,7H,1-2H3,(H2,5,6);4H,1-2H3;1H3;1H2. The van der Waals surface area contributed by atoms with E-state index >= 15 is 0 Å². The van der Waals surface area contributed by atoms with Gasteiger partial charge < -0.3 is 62.4 Å². The van der Waals surface area contributed by atoms with Crippen molar-refractivity contribution >= 4 is 47.1 Å². The van der Waals surface area contributed by atoms with Crippen molar-refractivity contribution in [3.05, 3.63) is 131 Å². The summed E-state index contributed by atoms with van der Waals surface area (Å²) in [5.74, 6) is -0.576. The number of carbonyl (C=O) groups is 5. The summed E-state index contributed by atoms with van der Waals surface area (Å²) < 4.78 is 31.9. The lowest BCUT2D eigenvalue weighted by Gasteiger charge is -2.34. The molecule has 0 atom stereocenters. The van der Waals surface area contributed by atoms with Crippen molar-refractivity contribution in [2.45, 2.75) is 47.5 Å². The van der Waals surface area contributed by atoms with Crippen LogP contribution in [0.5, 0.6) is 0 Å². The third kappa shape index (κ3) is 19.0. The van der Waals surface area contributed by atoms with Gasteiger partial charge in [0.2, 0.25) is 0 Å². The Morgan fingerprint density at radius 2 is 1.08 bits per heavy atom. The fourth-order valence-corrected chi connectivity index (χ4v) is 6.33. The van der Waals surface area contributed by atoms with Gasteiger partial charge in [-0.1, -0.05) is 50.1 Å². The van der Waals surface area contributed by atoms with E-state index in [0.717, 1.165) is 5.56 Å². The van der Waals surface area contributed by atoms with E-state index in [-0.39, 0.29) is 70.2 Å². The lowest BCUT2D eigenvalue weighted by atomic mass is 10.1. The highest BCUT2D eigenvalue weighted by Gasteiger charge is 2.27. The number of halogens is 2. The summed E-state index contributed by atoms with van der Waals surface area (Å²) >= 11 is 0. The predicted molar refractivity (Wildman–Crippen MR) is 270 cm³/mol. The molecule has 0 bridgehead atoms. The topological polar surface area (TPSA) is 330 Å². The molecule has 6 amide bonds. The zero-order valence-electron chi connectivity index (χ0n) is 41.6. The molecule has 21 nitrogen and oxygen atoms in total. The van der Waals surface area contributed by atoms with Crippen LogP contribution in [0.3, 0.4) is 0 Å². The Labute approximate surface area is 422 Å². The van der Waals surface area contributed by atoms with Crippen molar-refractivity contribution in [1.29, 1.82) is 5.26 Å². The van der Waals surface area contributed by atoms with Crippen LogP contribution in [0.25, 0.3) is 11.5 Å². The molecular weight excluding hydrogens is 951 g/mol. The molecule has 7 rings (SSSR count). The second kappa shape index (κ2) is 29.6. The summed E-state index contributed by atoms with van der Waals surface area (Å²) in [7, 11) is 0. The van der Waals surface area contributed by atoms with Gasteiger partial charge >= 0.3 is 18.0 Å². The number of carboxylic acid groups (broad SMARTS) is 1. The fraction of sp³-hybridized carbons (Fsp3) is 0.340. The van der Waals surface area contributed by atoms with Crippen LogP contribution >= 0.6 is 0 Å². The average Bonchev–Trinajstić information content (AvgIpc) is 3.88.